The molecule has 102 valence electrons. The molecule has 1 atom stereocenters. The van der Waals surface area contributed by atoms with Crippen LogP contribution < -0.4 is 5.32 Å². The first-order chi connectivity index (χ1) is 9.06. The van der Waals surface area contributed by atoms with Gasteiger partial charge in [-0.1, -0.05) is 6.07 Å². The monoisotopic (exact) mass is 285 g/mol. The van der Waals surface area contributed by atoms with Gasteiger partial charge < -0.3 is 5.32 Å². The van der Waals surface area contributed by atoms with Gasteiger partial charge in [-0.25, -0.2) is 13.2 Å². The van der Waals surface area contributed by atoms with Crippen molar-refractivity contribution in [3.8, 4) is 0 Å². The fourth-order valence-electron chi connectivity index (χ4n) is 1.80. The third-order valence-electron chi connectivity index (χ3n) is 2.79. The van der Waals surface area contributed by atoms with Crippen LogP contribution in [0.15, 0.2) is 29.6 Å². The first kappa shape index (κ1) is 14.1. The maximum absolute atomic E-state index is 13.0. The van der Waals surface area contributed by atoms with E-state index in [0.29, 0.717) is 12.1 Å². The largest absolute Gasteiger partial charge is 0.310 e. The fraction of sp³-hybridized carbons (Fsp3) is 0.286. The summed E-state index contributed by atoms with van der Waals surface area (Å²) in [6, 6.07) is 6.24. The normalized spacial score (nSPS) is 12.6. The van der Waals surface area contributed by atoms with Crippen LogP contribution in [0.1, 0.15) is 17.4 Å². The molecule has 0 radical (unpaired) electrons. The predicted molar refractivity (Wildman–Crippen MR) is 70.6 cm³/mol. The Hall–Kier alpha value is -1.33. The molecular weight excluding hydrogens is 271 g/mol. The van der Waals surface area contributed by atoms with Crippen LogP contribution in [0, 0.1) is 17.5 Å². The number of hydrogen-bond acceptors (Lipinski definition) is 2. The van der Waals surface area contributed by atoms with Gasteiger partial charge in [0.25, 0.3) is 0 Å². The van der Waals surface area contributed by atoms with Gasteiger partial charge in [0.05, 0.1) is 0 Å². The van der Waals surface area contributed by atoms with E-state index in [1.807, 2.05) is 24.4 Å². The summed E-state index contributed by atoms with van der Waals surface area (Å²) in [6.07, 6.45) is 0.851. The zero-order valence-electron chi connectivity index (χ0n) is 10.4. The Bertz CT molecular complexity index is 517. The van der Waals surface area contributed by atoms with Gasteiger partial charge >= 0.3 is 0 Å². The Balaban J connectivity index is 1.91. The van der Waals surface area contributed by atoms with Crippen LogP contribution in [0.25, 0.3) is 0 Å². The predicted octanol–water partition coefficient (Wildman–Crippen LogP) is 3.89. The van der Waals surface area contributed by atoms with Crippen LogP contribution >= 0.6 is 11.3 Å². The second-order valence-electron chi connectivity index (χ2n) is 4.44. The molecule has 1 nitrogen and oxygen atoms in total. The second kappa shape index (κ2) is 6.21. The van der Waals surface area contributed by atoms with Gasteiger partial charge in [0.15, 0.2) is 17.5 Å². The average molecular weight is 285 g/mol. The molecule has 0 fully saturated rings. The van der Waals surface area contributed by atoms with Gasteiger partial charge in [0, 0.05) is 17.5 Å². The van der Waals surface area contributed by atoms with E-state index >= 15 is 0 Å². The van der Waals surface area contributed by atoms with E-state index in [1.54, 1.807) is 11.3 Å². The van der Waals surface area contributed by atoms with Crippen molar-refractivity contribution in [3.05, 3.63) is 57.5 Å². The fourth-order valence-corrected chi connectivity index (χ4v) is 2.64. The van der Waals surface area contributed by atoms with Crippen molar-refractivity contribution >= 4 is 11.3 Å². The molecule has 19 heavy (non-hydrogen) atoms. The number of hydrogen-bond donors (Lipinski definition) is 1. The Morgan fingerprint density at radius 2 is 1.89 bits per heavy atom. The van der Waals surface area contributed by atoms with Crippen LogP contribution in [0.3, 0.4) is 0 Å². The second-order valence-corrected chi connectivity index (χ2v) is 5.47. The third kappa shape index (κ3) is 3.81. The molecule has 0 amide bonds. The molecule has 0 bridgehead atoms. The lowest BCUT2D eigenvalue weighted by Crippen LogP contribution is -2.27. The molecule has 0 spiro atoms. The van der Waals surface area contributed by atoms with Gasteiger partial charge in [0.2, 0.25) is 0 Å². The maximum Gasteiger partial charge on any atom is 0.194 e. The summed E-state index contributed by atoms with van der Waals surface area (Å²) in [5.41, 5.74) is 0.398. The van der Waals surface area contributed by atoms with Crippen LogP contribution in [0.4, 0.5) is 13.2 Å². The minimum absolute atomic E-state index is 0.176. The molecule has 1 unspecified atom stereocenters. The summed E-state index contributed by atoms with van der Waals surface area (Å²) >= 11 is 1.67. The molecule has 0 saturated carbocycles. The van der Waals surface area contributed by atoms with Crippen LogP contribution in [-0.4, -0.2) is 6.04 Å². The first-order valence-electron chi connectivity index (χ1n) is 5.95. The Morgan fingerprint density at radius 1 is 1.21 bits per heavy atom. The van der Waals surface area contributed by atoms with Crippen LogP contribution in [0.5, 0.6) is 0 Å². The van der Waals surface area contributed by atoms with E-state index in [1.165, 1.54) is 4.88 Å². The van der Waals surface area contributed by atoms with E-state index in [4.69, 9.17) is 0 Å². The number of rotatable bonds is 5. The zero-order chi connectivity index (χ0) is 13.8. The lowest BCUT2D eigenvalue weighted by atomic mass is 10.1. The number of benzene rings is 1. The Kier molecular flexibility index (Phi) is 4.61. The van der Waals surface area contributed by atoms with Crippen LogP contribution in [-0.2, 0) is 13.0 Å². The van der Waals surface area contributed by atoms with Gasteiger partial charge in [-0.3, -0.25) is 0 Å². The quantitative estimate of drug-likeness (QED) is 0.822. The SMILES string of the molecule is CC(Cc1cccs1)NCc1cc(F)c(F)c(F)c1. The van der Waals surface area contributed by atoms with Crippen molar-refractivity contribution in [2.75, 3.05) is 0 Å². The number of nitrogens with one attached hydrogen (secondary N) is 1. The summed E-state index contributed by atoms with van der Waals surface area (Å²) in [4.78, 5) is 1.25. The molecule has 0 aliphatic carbocycles. The summed E-state index contributed by atoms with van der Waals surface area (Å²) in [5.74, 6) is -3.72. The topological polar surface area (TPSA) is 12.0 Å². The first-order valence-corrected chi connectivity index (χ1v) is 6.83. The lowest BCUT2D eigenvalue weighted by Gasteiger charge is -2.13. The summed E-state index contributed by atoms with van der Waals surface area (Å²) in [7, 11) is 0. The van der Waals surface area contributed by atoms with Gasteiger partial charge in [-0.2, -0.15) is 0 Å². The van der Waals surface area contributed by atoms with E-state index < -0.39 is 17.5 Å². The highest BCUT2D eigenvalue weighted by molar-refractivity contribution is 7.09. The highest BCUT2D eigenvalue weighted by Crippen LogP contribution is 2.14. The highest BCUT2D eigenvalue weighted by Gasteiger charge is 2.11. The molecule has 2 rings (SSSR count). The summed E-state index contributed by atoms with van der Waals surface area (Å²) in [6.45, 7) is 2.30. The molecule has 0 saturated heterocycles. The molecule has 2 aromatic rings. The zero-order valence-corrected chi connectivity index (χ0v) is 11.2. The molecular formula is C14H14F3NS. The Labute approximate surface area is 114 Å². The maximum atomic E-state index is 13.0. The van der Waals surface area contributed by atoms with Crippen molar-refractivity contribution < 1.29 is 13.2 Å². The molecule has 0 aliphatic rings. The molecule has 5 heteroatoms. The highest BCUT2D eigenvalue weighted by atomic mass is 32.1. The lowest BCUT2D eigenvalue weighted by molar-refractivity contribution is 0.443. The number of halogens is 3. The average Bonchev–Trinajstić information content (AvgIpc) is 2.86. The van der Waals surface area contributed by atoms with Crippen molar-refractivity contribution in [2.24, 2.45) is 0 Å². The third-order valence-corrected chi connectivity index (χ3v) is 3.68. The molecule has 1 aromatic heterocycles. The standard InChI is InChI=1S/C14H14F3NS/c1-9(5-11-3-2-4-19-11)18-8-10-6-12(15)14(17)13(16)7-10/h2-4,6-7,9,18H,5,8H2,1H3. The van der Waals surface area contributed by atoms with Gasteiger partial charge in [-0.15, -0.1) is 11.3 Å². The molecule has 0 aliphatic heterocycles. The minimum atomic E-state index is -1.42. The van der Waals surface area contributed by atoms with Crippen molar-refractivity contribution in [1.29, 1.82) is 0 Å². The van der Waals surface area contributed by atoms with Crippen molar-refractivity contribution in [2.45, 2.75) is 25.9 Å². The molecule has 1 aromatic carbocycles. The summed E-state index contributed by atoms with van der Waals surface area (Å²) < 4.78 is 38.8. The molecule has 1 heterocycles. The van der Waals surface area contributed by atoms with Gasteiger partial charge in [-0.05, 0) is 42.5 Å². The summed E-state index contributed by atoms with van der Waals surface area (Å²) in [5, 5.41) is 5.17. The minimum Gasteiger partial charge on any atom is -0.310 e. The van der Waals surface area contributed by atoms with E-state index in [0.717, 1.165) is 18.6 Å². The van der Waals surface area contributed by atoms with E-state index in [2.05, 4.69) is 5.32 Å². The van der Waals surface area contributed by atoms with Gasteiger partial charge in [0.1, 0.15) is 0 Å². The Morgan fingerprint density at radius 3 is 2.47 bits per heavy atom. The smallest absolute Gasteiger partial charge is 0.194 e. The van der Waals surface area contributed by atoms with Crippen molar-refractivity contribution in [1.82, 2.24) is 5.32 Å². The van der Waals surface area contributed by atoms with E-state index in [9.17, 15) is 13.2 Å². The number of thiophene rings is 1. The van der Waals surface area contributed by atoms with E-state index in [-0.39, 0.29) is 6.04 Å². The van der Waals surface area contributed by atoms with Crippen LogP contribution in [0.2, 0.25) is 0 Å². The van der Waals surface area contributed by atoms with Crippen molar-refractivity contribution in [3.63, 3.8) is 0 Å². The molecule has 1 N–H and O–H groups in total.